The van der Waals surface area contributed by atoms with E-state index >= 15 is 0 Å². The number of hydrogen-bond acceptors (Lipinski definition) is 2. The molecule has 1 N–H and O–H groups in total. The van der Waals surface area contributed by atoms with Gasteiger partial charge in [-0.15, -0.1) is 0 Å². The second-order valence-electron chi connectivity index (χ2n) is 8.57. The largest absolute Gasteiger partial charge is 0.465 e. The molecule has 2 atom stereocenters. The zero-order valence-electron chi connectivity index (χ0n) is 15.9. The van der Waals surface area contributed by atoms with Crippen molar-refractivity contribution in [3.05, 3.63) is 58.6 Å². The number of hydrogen-bond donors (Lipinski definition) is 1. The molecule has 2 aromatic carbocycles. The van der Waals surface area contributed by atoms with Gasteiger partial charge in [0.2, 0.25) is 0 Å². The van der Waals surface area contributed by atoms with Crippen molar-refractivity contribution < 1.29 is 9.90 Å². The predicted octanol–water partition coefficient (Wildman–Crippen LogP) is 5.53. The summed E-state index contributed by atoms with van der Waals surface area (Å²) in [6, 6.07) is 14.5. The Morgan fingerprint density at radius 2 is 1.85 bits per heavy atom. The lowest BCUT2D eigenvalue weighted by molar-refractivity contribution is 0.138. The van der Waals surface area contributed by atoms with Crippen molar-refractivity contribution in [1.82, 2.24) is 4.90 Å². The van der Waals surface area contributed by atoms with Gasteiger partial charge in [-0.2, -0.15) is 0 Å². The van der Waals surface area contributed by atoms with E-state index in [0.717, 1.165) is 22.8 Å². The Morgan fingerprint density at radius 3 is 2.48 bits per heavy atom. The van der Waals surface area contributed by atoms with E-state index in [0.29, 0.717) is 13.1 Å². The minimum atomic E-state index is -0.846. The maximum absolute atomic E-state index is 11.8. The normalized spacial score (nSPS) is 21.8. The third kappa shape index (κ3) is 2.96. The number of benzene rings is 2. The highest BCUT2D eigenvalue weighted by atomic mass is 35.5. The summed E-state index contributed by atoms with van der Waals surface area (Å²) >= 11 is 6.73. The highest BCUT2D eigenvalue weighted by Gasteiger charge is 2.49. The molecule has 2 aliphatic rings. The van der Waals surface area contributed by atoms with Gasteiger partial charge >= 0.3 is 6.09 Å². The first-order valence-electron chi connectivity index (χ1n) is 9.42. The molecule has 2 aromatic rings. The van der Waals surface area contributed by atoms with Crippen LogP contribution in [0.25, 0.3) is 0 Å². The minimum Gasteiger partial charge on any atom is -0.465 e. The van der Waals surface area contributed by atoms with Crippen LogP contribution in [0, 0.1) is 5.41 Å². The first-order chi connectivity index (χ1) is 12.8. The molecule has 0 spiro atoms. The van der Waals surface area contributed by atoms with Crippen LogP contribution in [0.2, 0.25) is 5.02 Å². The average Bonchev–Trinajstić information content (AvgIpc) is 2.85. The van der Waals surface area contributed by atoms with Crippen molar-refractivity contribution in [2.45, 2.75) is 39.2 Å². The van der Waals surface area contributed by atoms with Crippen molar-refractivity contribution in [3.8, 4) is 0 Å². The second-order valence-corrected chi connectivity index (χ2v) is 8.98. The van der Waals surface area contributed by atoms with Gasteiger partial charge in [0.05, 0.1) is 10.7 Å². The fourth-order valence-corrected chi connectivity index (χ4v) is 5.05. The van der Waals surface area contributed by atoms with Crippen molar-refractivity contribution in [2.24, 2.45) is 5.41 Å². The standard InChI is InChI=1S/C22H25ClN2O2/c1-22(2,3)20-16-13-24(21(26)27)12-11-14-9-10-17(23)19(18(14)16)25(20)15-7-5-4-6-8-15/h4-10,16,20H,11-13H2,1-3H3,(H,26,27)/t16-,20?/m0/s1. The quantitative estimate of drug-likeness (QED) is 0.703. The van der Waals surface area contributed by atoms with E-state index in [9.17, 15) is 9.90 Å². The molecule has 27 heavy (non-hydrogen) atoms. The van der Waals surface area contributed by atoms with Crippen LogP contribution < -0.4 is 4.90 Å². The van der Waals surface area contributed by atoms with Gasteiger partial charge in [-0.05, 0) is 41.2 Å². The van der Waals surface area contributed by atoms with E-state index in [1.165, 1.54) is 11.1 Å². The molecular weight excluding hydrogens is 360 g/mol. The van der Waals surface area contributed by atoms with Crippen LogP contribution in [0.3, 0.4) is 0 Å². The summed E-state index contributed by atoms with van der Waals surface area (Å²) < 4.78 is 0. The molecule has 0 radical (unpaired) electrons. The number of para-hydroxylation sites is 1. The Morgan fingerprint density at radius 1 is 1.15 bits per heavy atom. The molecule has 0 saturated heterocycles. The molecule has 2 aliphatic heterocycles. The Kier molecular flexibility index (Phi) is 4.34. The molecule has 0 aliphatic carbocycles. The van der Waals surface area contributed by atoms with Crippen LogP contribution in [0.4, 0.5) is 16.2 Å². The molecule has 0 aromatic heterocycles. The van der Waals surface area contributed by atoms with Gasteiger partial charge in [0, 0.05) is 30.7 Å². The summed E-state index contributed by atoms with van der Waals surface area (Å²) in [5, 5.41) is 10.4. The Labute approximate surface area is 165 Å². The van der Waals surface area contributed by atoms with Crippen LogP contribution >= 0.6 is 11.6 Å². The van der Waals surface area contributed by atoms with Crippen molar-refractivity contribution >= 4 is 29.1 Å². The lowest BCUT2D eigenvalue weighted by Crippen LogP contribution is -2.45. The third-order valence-corrected chi connectivity index (χ3v) is 6.09. The summed E-state index contributed by atoms with van der Waals surface area (Å²) in [5.41, 5.74) is 4.54. The Bertz CT molecular complexity index is 876. The first-order valence-corrected chi connectivity index (χ1v) is 9.80. The molecular formula is C22H25ClN2O2. The number of rotatable bonds is 1. The molecule has 1 unspecified atom stereocenters. The Hall–Kier alpha value is -2.20. The number of carbonyl (C=O) groups is 1. The minimum absolute atomic E-state index is 0.0609. The van der Waals surface area contributed by atoms with Gasteiger partial charge < -0.3 is 14.9 Å². The molecule has 0 fully saturated rings. The number of halogens is 1. The number of anilines is 2. The maximum atomic E-state index is 11.8. The van der Waals surface area contributed by atoms with Crippen LogP contribution in [0.1, 0.15) is 37.8 Å². The lowest BCUT2D eigenvalue weighted by Gasteiger charge is -2.41. The predicted molar refractivity (Wildman–Crippen MR) is 109 cm³/mol. The van der Waals surface area contributed by atoms with E-state index in [1.807, 2.05) is 24.3 Å². The van der Waals surface area contributed by atoms with Crippen molar-refractivity contribution in [1.29, 1.82) is 0 Å². The molecule has 142 valence electrons. The van der Waals surface area contributed by atoms with Crippen LogP contribution in [-0.4, -0.2) is 35.2 Å². The van der Waals surface area contributed by atoms with E-state index in [2.05, 4.69) is 43.9 Å². The van der Waals surface area contributed by atoms with Gasteiger partial charge in [0.25, 0.3) is 0 Å². The maximum Gasteiger partial charge on any atom is 0.407 e. The van der Waals surface area contributed by atoms with Gasteiger partial charge in [-0.1, -0.05) is 56.6 Å². The summed E-state index contributed by atoms with van der Waals surface area (Å²) in [6.45, 7) is 7.71. The number of carboxylic acid groups (broad SMARTS) is 1. The molecule has 5 heteroatoms. The highest BCUT2D eigenvalue weighted by Crippen LogP contribution is 2.55. The van der Waals surface area contributed by atoms with Crippen molar-refractivity contribution in [2.75, 3.05) is 18.0 Å². The zero-order chi connectivity index (χ0) is 19.3. The van der Waals surface area contributed by atoms with Crippen LogP contribution in [-0.2, 0) is 6.42 Å². The van der Waals surface area contributed by atoms with E-state index in [4.69, 9.17) is 11.6 Å². The number of nitrogens with zero attached hydrogens (tertiary/aromatic N) is 2. The summed E-state index contributed by atoms with van der Waals surface area (Å²) in [7, 11) is 0. The zero-order valence-corrected chi connectivity index (χ0v) is 16.7. The topological polar surface area (TPSA) is 43.8 Å². The third-order valence-electron chi connectivity index (χ3n) is 5.79. The van der Waals surface area contributed by atoms with Gasteiger partial charge in [0.1, 0.15) is 0 Å². The van der Waals surface area contributed by atoms with Gasteiger partial charge in [-0.25, -0.2) is 4.79 Å². The molecule has 2 heterocycles. The van der Waals surface area contributed by atoms with E-state index < -0.39 is 6.09 Å². The molecule has 0 bridgehead atoms. The van der Waals surface area contributed by atoms with Crippen LogP contribution in [0.15, 0.2) is 42.5 Å². The molecule has 1 amide bonds. The summed E-state index contributed by atoms with van der Waals surface area (Å²) in [4.78, 5) is 15.7. The average molecular weight is 385 g/mol. The fourth-order valence-electron chi connectivity index (χ4n) is 4.79. The number of amides is 1. The summed E-state index contributed by atoms with van der Waals surface area (Å²) in [5.74, 6) is 0.0903. The van der Waals surface area contributed by atoms with Crippen molar-refractivity contribution in [3.63, 3.8) is 0 Å². The monoisotopic (exact) mass is 384 g/mol. The summed E-state index contributed by atoms with van der Waals surface area (Å²) in [6.07, 6.45) is -0.122. The Balaban J connectivity index is 1.96. The molecule has 4 rings (SSSR count). The molecule has 4 nitrogen and oxygen atoms in total. The highest BCUT2D eigenvalue weighted by molar-refractivity contribution is 6.33. The van der Waals surface area contributed by atoms with Gasteiger partial charge in [0.15, 0.2) is 0 Å². The SMILES string of the molecule is CC(C)(C)C1[C@H]2CN(C(=O)O)CCc3ccc(Cl)c(c32)N1c1ccccc1. The van der Waals surface area contributed by atoms with Crippen LogP contribution in [0.5, 0.6) is 0 Å². The second kappa shape index (κ2) is 6.45. The molecule has 0 saturated carbocycles. The van der Waals surface area contributed by atoms with Gasteiger partial charge in [-0.3, -0.25) is 0 Å². The first kappa shape index (κ1) is 18.2. The fraction of sp³-hybridized carbons (Fsp3) is 0.409. The van der Waals surface area contributed by atoms with E-state index in [1.54, 1.807) is 4.90 Å². The smallest absolute Gasteiger partial charge is 0.407 e. The van der Waals surface area contributed by atoms with E-state index in [-0.39, 0.29) is 17.4 Å². The lowest BCUT2D eigenvalue weighted by atomic mass is 9.77.